The minimum Gasteiger partial charge on any atom is -0.497 e. The molecule has 5 nitrogen and oxygen atoms in total. The third-order valence-electron chi connectivity index (χ3n) is 4.19. The van der Waals surface area contributed by atoms with Gasteiger partial charge in [-0.1, -0.05) is 36.4 Å². The highest BCUT2D eigenvalue weighted by atomic mass is 16.5. The number of carboxylic acids is 1. The van der Waals surface area contributed by atoms with E-state index < -0.39 is 17.9 Å². The van der Waals surface area contributed by atoms with Crippen molar-refractivity contribution in [1.82, 2.24) is 5.32 Å². The van der Waals surface area contributed by atoms with Crippen LogP contribution in [0.3, 0.4) is 0 Å². The first-order valence-corrected chi connectivity index (χ1v) is 8.18. The molecule has 2 rings (SSSR count). The second-order valence-corrected chi connectivity index (χ2v) is 5.90. The molecule has 0 saturated carbocycles. The van der Waals surface area contributed by atoms with Crippen LogP contribution >= 0.6 is 0 Å². The number of fused-ring (bicyclic) bond motifs is 1. The molecule has 0 heterocycles. The maximum atomic E-state index is 12.4. The van der Waals surface area contributed by atoms with E-state index in [0.29, 0.717) is 0 Å². The number of benzene rings is 2. The Hall–Kier alpha value is -2.82. The molecule has 5 heteroatoms. The van der Waals surface area contributed by atoms with Crippen LogP contribution in [0.4, 0.5) is 0 Å². The zero-order valence-corrected chi connectivity index (χ0v) is 14.7. The summed E-state index contributed by atoms with van der Waals surface area (Å²) in [6.45, 7) is 3.59. The Morgan fingerprint density at radius 3 is 2.52 bits per heavy atom. The van der Waals surface area contributed by atoms with E-state index in [1.165, 1.54) is 0 Å². The number of aliphatic carboxylic acids is 1. The van der Waals surface area contributed by atoms with Crippen LogP contribution in [-0.4, -0.2) is 30.1 Å². The third-order valence-corrected chi connectivity index (χ3v) is 4.19. The summed E-state index contributed by atoms with van der Waals surface area (Å²) in [4.78, 5) is 23.7. The summed E-state index contributed by atoms with van der Waals surface area (Å²) in [6.07, 6.45) is 3.76. The van der Waals surface area contributed by atoms with Gasteiger partial charge < -0.3 is 15.2 Å². The molecule has 25 heavy (non-hydrogen) atoms. The molecule has 132 valence electrons. The van der Waals surface area contributed by atoms with Gasteiger partial charge in [-0.3, -0.25) is 4.79 Å². The van der Waals surface area contributed by atoms with Crippen molar-refractivity contribution in [3.05, 3.63) is 54.1 Å². The maximum Gasteiger partial charge on any atom is 0.326 e. The Kier molecular flexibility index (Phi) is 6.17. The van der Waals surface area contributed by atoms with Crippen LogP contribution in [-0.2, 0) is 9.59 Å². The highest BCUT2D eigenvalue weighted by Crippen LogP contribution is 2.25. The lowest BCUT2D eigenvalue weighted by molar-refractivity contribution is -0.141. The van der Waals surface area contributed by atoms with Crippen LogP contribution in [0.2, 0.25) is 0 Å². The van der Waals surface area contributed by atoms with Crippen molar-refractivity contribution in [3.8, 4) is 5.75 Å². The molecule has 2 aromatic rings. The second-order valence-electron chi connectivity index (χ2n) is 5.90. The molecule has 2 aromatic carbocycles. The van der Waals surface area contributed by atoms with Crippen molar-refractivity contribution >= 4 is 22.6 Å². The monoisotopic (exact) mass is 341 g/mol. The summed E-state index contributed by atoms with van der Waals surface area (Å²) in [5.41, 5.74) is 0.838. The zero-order valence-electron chi connectivity index (χ0n) is 14.7. The average molecular weight is 341 g/mol. The SMILES string of the molecule is C/C=C/CC(NC(=O)[C@@H](C)c1ccc2cc(OC)ccc2c1)C(=O)O. The summed E-state index contributed by atoms with van der Waals surface area (Å²) < 4.78 is 5.21. The first-order chi connectivity index (χ1) is 12.0. The molecule has 0 fully saturated rings. The summed E-state index contributed by atoms with van der Waals surface area (Å²) in [5, 5.41) is 13.9. The molecular weight excluding hydrogens is 318 g/mol. The van der Waals surface area contributed by atoms with Crippen LogP contribution in [0.1, 0.15) is 31.7 Å². The van der Waals surface area contributed by atoms with Gasteiger partial charge in [-0.2, -0.15) is 0 Å². The van der Waals surface area contributed by atoms with Crippen molar-refractivity contribution in [1.29, 1.82) is 0 Å². The summed E-state index contributed by atoms with van der Waals surface area (Å²) in [7, 11) is 1.62. The fraction of sp³-hybridized carbons (Fsp3) is 0.300. The predicted molar refractivity (Wildman–Crippen MR) is 97.9 cm³/mol. The number of nitrogens with one attached hydrogen (secondary N) is 1. The number of allylic oxidation sites excluding steroid dienone is 1. The molecular formula is C20H23NO4. The van der Waals surface area contributed by atoms with Crippen molar-refractivity contribution in [2.75, 3.05) is 7.11 Å². The number of rotatable bonds is 7. The normalized spacial score (nSPS) is 13.6. The molecule has 0 aromatic heterocycles. The number of carboxylic acid groups (broad SMARTS) is 1. The van der Waals surface area contributed by atoms with Gasteiger partial charge >= 0.3 is 5.97 Å². The number of carbonyl (C=O) groups excluding carboxylic acids is 1. The number of hydrogen-bond acceptors (Lipinski definition) is 3. The highest BCUT2D eigenvalue weighted by molar-refractivity contribution is 5.90. The Balaban J connectivity index is 2.18. The van der Waals surface area contributed by atoms with E-state index in [4.69, 9.17) is 4.74 Å². The van der Waals surface area contributed by atoms with Crippen molar-refractivity contribution in [2.24, 2.45) is 0 Å². The lowest BCUT2D eigenvalue weighted by atomic mass is 9.96. The Labute approximate surface area is 147 Å². The summed E-state index contributed by atoms with van der Waals surface area (Å²) in [6, 6.07) is 10.6. The number of ether oxygens (including phenoxy) is 1. The van der Waals surface area contributed by atoms with Gasteiger partial charge in [-0.25, -0.2) is 4.79 Å². The molecule has 1 amide bonds. The smallest absolute Gasteiger partial charge is 0.326 e. The van der Waals surface area contributed by atoms with Gasteiger partial charge in [-0.15, -0.1) is 0 Å². The fourth-order valence-electron chi connectivity index (χ4n) is 2.58. The molecule has 0 spiro atoms. The lowest BCUT2D eigenvalue weighted by Gasteiger charge is -2.17. The van der Waals surface area contributed by atoms with E-state index in [9.17, 15) is 14.7 Å². The predicted octanol–water partition coefficient (Wildman–Crippen LogP) is 3.49. The highest BCUT2D eigenvalue weighted by Gasteiger charge is 2.23. The molecule has 1 unspecified atom stereocenters. The van der Waals surface area contributed by atoms with E-state index in [0.717, 1.165) is 22.1 Å². The molecule has 0 aliphatic heterocycles. The van der Waals surface area contributed by atoms with Crippen LogP contribution in [0.25, 0.3) is 10.8 Å². The van der Waals surface area contributed by atoms with E-state index in [2.05, 4.69) is 5.32 Å². The van der Waals surface area contributed by atoms with Gasteiger partial charge in [0.15, 0.2) is 0 Å². The molecule has 0 saturated heterocycles. The summed E-state index contributed by atoms with van der Waals surface area (Å²) >= 11 is 0. The number of carbonyl (C=O) groups is 2. The van der Waals surface area contributed by atoms with Crippen LogP contribution < -0.4 is 10.1 Å². The molecule has 0 aliphatic rings. The van der Waals surface area contributed by atoms with Gasteiger partial charge in [0.1, 0.15) is 11.8 Å². The number of amides is 1. The zero-order chi connectivity index (χ0) is 18.4. The number of methoxy groups -OCH3 is 1. The van der Waals surface area contributed by atoms with Gasteiger partial charge in [0, 0.05) is 0 Å². The van der Waals surface area contributed by atoms with E-state index in [1.807, 2.05) is 43.3 Å². The molecule has 0 aliphatic carbocycles. The van der Waals surface area contributed by atoms with E-state index in [1.54, 1.807) is 26.2 Å². The van der Waals surface area contributed by atoms with Crippen LogP contribution in [0.5, 0.6) is 5.75 Å². The summed E-state index contributed by atoms with van der Waals surface area (Å²) in [5.74, 6) is -1.01. The van der Waals surface area contributed by atoms with Gasteiger partial charge in [0.2, 0.25) is 5.91 Å². The van der Waals surface area contributed by atoms with Crippen LogP contribution in [0.15, 0.2) is 48.6 Å². The Morgan fingerprint density at radius 1 is 1.20 bits per heavy atom. The molecule has 2 N–H and O–H groups in total. The van der Waals surface area contributed by atoms with Crippen molar-refractivity contribution in [3.63, 3.8) is 0 Å². The molecule has 0 radical (unpaired) electrons. The molecule has 0 bridgehead atoms. The standard InChI is InChI=1S/C20H23NO4/c1-4-5-6-18(20(23)24)21-19(22)13(2)14-7-8-16-12-17(25-3)10-9-15(16)11-14/h4-5,7-13,18H,6H2,1-3H3,(H,21,22)(H,23,24)/b5-4+/t13-,18?/m0/s1. The Morgan fingerprint density at radius 2 is 1.88 bits per heavy atom. The Bertz CT molecular complexity index is 797. The van der Waals surface area contributed by atoms with Crippen molar-refractivity contribution in [2.45, 2.75) is 32.2 Å². The minimum absolute atomic E-state index is 0.266. The van der Waals surface area contributed by atoms with Gasteiger partial charge in [-0.05, 0) is 48.7 Å². The quantitative estimate of drug-likeness (QED) is 0.756. The van der Waals surface area contributed by atoms with Crippen molar-refractivity contribution < 1.29 is 19.4 Å². The fourth-order valence-corrected chi connectivity index (χ4v) is 2.58. The first kappa shape index (κ1) is 18.5. The first-order valence-electron chi connectivity index (χ1n) is 8.18. The van der Waals surface area contributed by atoms with Gasteiger partial charge in [0.25, 0.3) is 0 Å². The van der Waals surface area contributed by atoms with E-state index >= 15 is 0 Å². The average Bonchev–Trinajstić information content (AvgIpc) is 2.63. The maximum absolute atomic E-state index is 12.4. The van der Waals surface area contributed by atoms with E-state index in [-0.39, 0.29) is 12.3 Å². The third kappa shape index (κ3) is 4.59. The lowest BCUT2D eigenvalue weighted by Crippen LogP contribution is -2.42. The minimum atomic E-state index is -1.04. The topological polar surface area (TPSA) is 75.6 Å². The van der Waals surface area contributed by atoms with Gasteiger partial charge in [0.05, 0.1) is 13.0 Å². The largest absolute Gasteiger partial charge is 0.497 e. The van der Waals surface area contributed by atoms with Crippen LogP contribution in [0, 0.1) is 0 Å². The number of hydrogen-bond donors (Lipinski definition) is 2. The second kappa shape index (κ2) is 8.33. The molecule has 2 atom stereocenters.